The van der Waals surface area contributed by atoms with Crippen molar-refractivity contribution in [2.75, 3.05) is 36.0 Å². The van der Waals surface area contributed by atoms with Crippen LogP contribution < -0.4 is 10.2 Å². The number of anilines is 1. The number of nitrogens with zero attached hydrogens (tertiary/aromatic N) is 1. The van der Waals surface area contributed by atoms with Gasteiger partial charge in [-0.2, -0.15) is 0 Å². The first kappa shape index (κ1) is 14.9. The predicted octanol–water partition coefficient (Wildman–Crippen LogP) is 1.61. The summed E-state index contributed by atoms with van der Waals surface area (Å²) >= 11 is 0. The van der Waals surface area contributed by atoms with E-state index in [1.165, 1.54) is 24.1 Å². The van der Waals surface area contributed by atoms with E-state index in [1.54, 1.807) is 0 Å². The Bertz CT molecular complexity index is 586. The number of sulfone groups is 1. The lowest BCUT2D eigenvalue weighted by molar-refractivity contribution is 0.491. The summed E-state index contributed by atoms with van der Waals surface area (Å²) in [6.45, 7) is 2.62. The first-order chi connectivity index (χ1) is 10.1. The number of para-hydroxylation sites is 1. The Morgan fingerprint density at radius 3 is 2.95 bits per heavy atom. The summed E-state index contributed by atoms with van der Waals surface area (Å²) in [5.41, 5.74) is 2.77. The van der Waals surface area contributed by atoms with Crippen LogP contribution in [0.3, 0.4) is 0 Å². The quantitative estimate of drug-likeness (QED) is 0.921. The Morgan fingerprint density at radius 1 is 1.24 bits per heavy atom. The van der Waals surface area contributed by atoms with Crippen LogP contribution in [0.4, 0.5) is 5.69 Å². The SMILES string of the molecule is O=S1(=O)CCNC(CCN2CCCCc3ccccc32)C1. The Hall–Kier alpha value is -1.07. The van der Waals surface area contributed by atoms with E-state index >= 15 is 0 Å². The highest BCUT2D eigenvalue weighted by molar-refractivity contribution is 7.91. The van der Waals surface area contributed by atoms with Crippen molar-refractivity contribution in [2.45, 2.75) is 31.7 Å². The molecule has 21 heavy (non-hydrogen) atoms. The van der Waals surface area contributed by atoms with Gasteiger partial charge in [0.1, 0.15) is 0 Å². The van der Waals surface area contributed by atoms with Gasteiger partial charge in [0.2, 0.25) is 0 Å². The molecule has 0 saturated carbocycles. The highest BCUT2D eigenvalue weighted by Crippen LogP contribution is 2.26. The molecule has 0 aromatic heterocycles. The summed E-state index contributed by atoms with van der Waals surface area (Å²) in [5, 5.41) is 3.35. The normalized spacial score (nSPS) is 25.1. The molecule has 2 aliphatic rings. The molecule has 0 radical (unpaired) electrons. The molecule has 3 rings (SSSR count). The largest absolute Gasteiger partial charge is 0.371 e. The summed E-state index contributed by atoms with van der Waals surface area (Å²) in [4.78, 5) is 2.44. The monoisotopic (exact) mass is 308 g/mol. The van der Waals surface area contributed by atoms with Gasteiger partial charge >= 0.3 is 0 Å². The summed E-state index contributed by atoms with van der Waals surface area (Å²) in [6.07, 6.45) is 4.50. The molecule has 1 N–H and O–H groups in total. The molecule has 0 bridgehead atoms. The van der Waals surface area contributed by atoms with Gasteiger partial charge in [0.05, 0.1) is 11.5 Å². The average molecular weight is 308 g/mol. The lowest BCUT2D eigenvalue weighted by atomic mass is 10.1. The molecular weight excluding hydrogens is 284 g/mol. The molecule has 1 saturated heterocycles. The van der Waals surface area contributed by atoms with E-state index in [-0.39, 0.29) is 11.8 Å². The minimum atomic E-state index is -2.83. The zero-order chi connectivity index (χ0) is 14.7. The van der Waals surface area contributed by atoms with Crippen molar-refractivity contribution in [1.29, 1.82) is 0 Å². The lowest BCUT2D eigenvalue weighted by Crippen LogP contribution is -2.46. The van der Waals surface area contributed by atoms with Gasteiger partial charge in [-0.05, 0) is 37.3 Å². The van der Waals surface area contributed by atoms with Crippen molar-refractivity contribution in [3.63, 3.8) is 0 Å². The third kappa shape index (κ3) is 3.77. The van der Waals surface area contributed by atoms with Crippen molar-refractivity contribution < 1.29 is 8.42 Å². The topological polar surface area (TPSA) is 49.4 Å². The van der Waals surface area contributed by atoms with Gasteiger partial charge in [-0.15, -0.1) is 0 Å². The number of hydrogen-bond donors (Lipinski definition) is 1. The first-order valence-electron chi connectivity index (χ1n) is 7.91. The first-order valence-corrected chi connectivity index (χ1v) is 9.73. The number of nitrogens with one attached hydrogen (secondary N) is 1. The van der Waals surface area contributed by atoms with Crippen LogP contribution in [0, 0.1) is 0 Å². The van der Waals surface area contributed by atoms with Crippen molar-refractivity contribution >= 4 is 15.5 Å². The van der Waals surface area contributed by atoms with E-state index < -0.39 is 9.84 Å². The molecule has 0 aliphatic carbocycles. The van der Waals surface area contributed by atoms with Crippen LogP contribution in [0.5, 0.6) is 0 Å². The number of aryl methyl sites for hydroxylation is 1. The summed E-state index contributed by atoms with van der Waals surface area (Å²) in [6, 6.07) is 8.74. The Labute approximate surface area is 127 Å². The van der Waals surface area contributed by atoms with Gasteiger partial charge < -0.3 is 10.2 Å². The number of rotatable bonds is 3. The molecule has 2 aliphatic heterocycles. The lowest BCUT2D eigenvalue weighted by Gasteiger charge is -2.29. The van der Waals surface area contributed by atoms with E-state index in [2.05, 4.69) is 34.5 Å². The van der Waals surface area contributed by atoms with Crippen LogP contribution in [0.25, 0.3) is 0 Å². The summed E-state index contributed by atoms with van der Waals surface area (Å²) in [7, 11) is -2.83. The molecule has 0 spiro atoms. The van der Waals surface area contributed by atoms with Crippen LogP contribution >= 0.6 is 0 Å². The maximum atomic E-state index is 11.7. The molecule has 4 nitrogen and oxygen atoms in total. The molecule has 1 aromatic rings. The van der Waals surface area contributed by atoms with E-state index in [1.807, 2.05) is 0 Å². The van der Waals surface area contributed by atoms with Gasteiger partial charge in [-0.25, -0.2) is 8.42 Å². The number of fused-ring (bicyclic) bond motifs is 1. The van der Waals surface area contributed by atoms with Crippen molar-refractivity contribution in [3.8, 4) is 0 Å². The standard InChI is InChI=1S/C16H24N2O2S/c19-21(20)12-9-17-15(13-21)8-11-18-10-4-3-6-14-5-1-2-7-16(14)18/h1-2,5,7,15,17H,3-4,6,8-13H2. The molecule has 1 fully saturated rings. The fourth-order valence-electron chi connectivity index (χ4n) is 3.37. The highest BCUT2D eigenvalue weighted by Gasteiger charge is 2.25. The second-order valence-electron chi connectivity index (χ2n) is 6.13. The summed E-state index contributed by atoms with van der Waals surface area (Å²) < 4.78 is 23.4. The van der Waals surface area contributed by atoms with E-state index in [9.17, 15) is 8.42 Å². The summed E-state index contributed by atoms with van der Waals surface area (Å²) in [5.74, 6) is 0.582. The van der Waals surface area contributed by atoms with Crippen molar-refractivity contribution in [1.82, 2.24) is 5.32 Å². The number of hydrogen-bond acceptors (Lipinski definition) is 4. The van der Waals surface area contributed by atoms with Gasteiger partial charge in [-0.1, -0.05) is 18.2 Å². The fourth-order valence-corrected chi connectivity index (χ4v) is 4.86. The molecule has 5 heteroatoms. The second kappa shape index (κ2) is 6.36. The second-order valence-corrected chi connectivity index (χ2v) is 8.36. The van der Waals surface area contributed by atoms with Crippen LogP contribution in [0.1, 0.15) is 24.8 Å². The molecule has 116 valence electrons. The minimum Gasteiger partial charge on any atom is -0.371 e. The van der Waals surface area contributed by atoms with Gasteiger partial charge in [0.25, 0.3) is 0 Å². The molecule has 0 amide bonds. The fraction of sp³-hybridized carbons (Fsp3) is 0.625. The third-order valence-electron chi connectivity index (χ3n) is 4.51. The van der Waals surface area contributed by atoms with E-state index in [0.29, 0.717) is 12.3 Å². The Morgan fingerprint density at radius 2 is 2.10 bits per heavy atom. The molecule has 1 aromatic carbocycles. The van der Waals surface area contributed by atoms with Crippen LogP contribution in [-0.4, -0.2) is 45.6 Å². The molecule has 1 atom stereocenters. The maximum absolute atomic E-state index is 11.7. The Kier molecular flexibility index (Phi) is 4.50. The molecule has 1 unspecified atom stereocenters. The van der Waals surface area contributed by atoms with Gasteiger partial charge in [0, 0.05) is 31.4 Å². The van der Waals surface area contributed by atoms with Gasteiger partial charge in [-0.3, -0.25) is 0 Å². The van der Waals surface area contributed by atoms with E-state index in [0.717, 1.165) is 25.9 Å². The number of benzene rings is 1. The zero-order valence-corrected chi connectivity index (χ0v) is 13.2. The van der Waals surface area contributed by atoms with E-state index in [4.69, 9.17) is 0 Å². The van der Waals surface area contributed by atoms with Crippen LogP contribution in [0.15, 0.2) is 24.3 Å². The van der Waals surface area contributed by atoms with Gasteiger partial charge in [0.15, 0.2) is 9.84 Å². The smallest absolute Gasteiger partial charge is 0.153 e. The van der Waals surface area contributed by atoms with Crippen LogP contribution in [0.2, 0.25) is 0 Å². The van der Waals surface area contributed by atoms with Crippen molar-refractivity contribution in [3.05, 3.63) is 29.8 Å². The Balaban J connectivity index is 1.65. The highest BCUT2D eigenvalue weighted by atomic mass is 32.2. The molecular formula is C16H24N2O2S. The zero-order valence-electron chi connectivity index (χ0n) is 12.4. The predicted molar refractivity (Wildman–Crippen MR) is 86.7 cm³/mol. The van der Waals surface area contributed by atoms with Crippen LogP contribution in [-0.2, 0) is 16.3 Å². The molecule has 2 heterocycles. The maximum Gasteiger partial charge on any atom is 0.153 e. The average Bonchev–Trinajstić information content (AvgIpc) is 2.66. The van der Waals surface area contributed by atoms with Crippen molar-refractivity contribution in [2.24, 2.45) is 0 Å². The minimum absolute atomic E-state index is 0.110. The third-order valence-corrected chi connectivity index (χ3v) is 6.24.